The Morgan fingerprint density at radius 3 is 1.47 bits per heavy atom. The molecule has 1 radical (unpaired) electrons. The van der Waals surface area contributed by atoms with Crippen molar-refractivity contribution in [2.75, 3.05) is 7.11 Å². The van der Waals surface area contributed by atoms with Crippen molar-refractivity contribution >= 4 is 0 Å². The third-order valence-corrected chi connectivity index (χ3v) is 2.88. The molecule has 0 atom stereocenters. The Hall–Kier alpha value is -1.18. The summed E-state index contributed by atoms with van der Waals surface area (Å²) in [5.74, 6) is 0.908. The Morgan fingerprint density at radius 2 is 1.24 bits per heavy atom. The maximum Gasteiger partial charge on any atom is 0.179 e. The van der Waals surface area contributed by atoms with Crippen LogP contribution in [0.15, 0.2) is 12.1 Å². The van der Waals surface area contributed by atoms with Gasteiger partial charge in [0.05, 0.1) is 7.11 Å². The zero-order valence-corrected chi connectivity index (χ0v) is 12.0. The molecule has 1 aromatic rings. The van der Waals surface area contributed by atoms with E-state index in [2.05, 4.69) is 41.5 Å². The molecule has 0 saturated heterocycles. The van der Waals surface area contributed by atoms with Crippen molar-refractivity contribution in [1.82, 2.24) is 0 Å². The summed E-state index contributed by atoms with van der Waals surface area (Å²) in [4.78, 5) is 0. The molecule has 0 saturated carbocycles. The fourth-order valence-electron chi connectivity index (χ4n) is 1.94. The summed E-state index contributed by atoms with van der Waals surface area (Å²) in [7, 11) is 1.67. The van der Waals surface area contributed by atoms with E-state index in [1.54, 1.807) is 19.2 Å². The molecule has 17 heavy (non-hydrogen) atoms. The van der Waals surface area contributed by atoms with Crippen molar-refractivity contribution in [1.29, 1.82) is 0 Å². The molecule has 2 nitrogen and oxygen atoms in total. The van der Waals surface area contributed by atoms with Crippen LogP contribution in [0.5, 0.6) is 11.5 Å². The van der Waals surface area contributed by atoms with Gasteiger partial charge >= 0.3 is 0 Å². The summed E-state index contributed by atoms with van der Waals surface area (Å²) >= 11 is 0. The highest BCUT2D eigenvalue weighted by atomic mass is 16.5. The van der Waals surface area contributed by atoms with Crippen LogP contribution in [0.25, 0.3) is 0 Å². The van der Waals surface area contributed by atoms with Gasteiger partial charge in [-0.15, -0.1) is 0 Å². The van der Waals surface area contributed by atoms with Crippen LogP contribution >= 0.6 is 0 Å². The minimum atomic E-state index is -0.0915. The summed E-state index contributed by atoms with van der Waals surface area (Å²) in [5.41, 5.74) is 1.78. The number of rotatable bonds is 1. The zero-order chi connectivity index (χ0) is 13.4. The molecular weight excluding hydrogens is 212 g/mol. The van der Waals surface area contributed by atoms with Crippen molar-refractivity contribution in [2.45, 2.75) is 52.4 Å². The van der Waals surface area contributed by atoms with Crippen LogP contribution in [0.1, 0.15) is 52.7 Å². The lowest BCUT2D eigenvalue weighted by Gasteiger charge is -2.28. The third kappa shape index (κ3) is 2.93. The van der Waals surface area contributed by atoms with E-state index in [-0.39, 0.29) is 16.6 Å². The van der Waals surface area contributed by atoms with Gasteiger partial charge in [-0.05, 0) is 23.0 Å². The first-order chi connectivity index (χ1) is 7.57. The number of benzene rings is 1. The Labute approximate surface area is 105 Å². The second kappa shape index (κ2) is 4.25. The Bertz CT molecular complexity index is 371. The van der Waals surface area contributed by atoms with Crippen LogP contribution in [-0.4, -0.2) is 7.11 Å². The topological polar surface area (TPSA) is 29.1 Å². The molecular formula is C15H23O2. The van der Waals surface area contributed by atoms with E-state index in [9.17, 15) is 5.11 Å². The number of hydrogen-bond donors (Lipinski definition) is 0. The molecule has 0 unspecified atom stereocenters. The quantitative estimate of drug-likeness (QED) is 0.707. The highest BCUT2D eigenvalue weighted by Gasteiger charge is 2.27. The Kier molecular flexibility index (Phi) is 3.47. The minimum absolute atomic E-state index is 0.0562. The second-order valence-electron chi connectivity index (χ2n) is 6.55. The molecule has 1 aromatic carbocycles. The van der Waals surface area contributed by atoms with Crippen LogP contribution in [0, 0.1) is 0 Å². The van der Waals surface area contributed by atoms with Gasteiger partial charge in [0.25, 0.3) is 0 Å². The monoisotopic (exact) mass is 235 g/mol. The normalized spacial score (nSPS) is 12.6. The van der Waals surface area contributed by atoms with Crippen LogP contribution < -0.4 is 4.74 Å². The largest absolute Gasteiger partial charge is 0.496 e. The van der Waals surface area contributed by atoms with Gasteiger partial charge in [0.15, 0.2) is 5.75 Å². The van der Waals surface area contributed by atoms with Crippen LogP contribution in [0.2, 0.25) is 0 Å². The molecule has 95 valence electrons. The fourth-order valence-corrected chi connectivity index (χ4v) is 1.94. The average molecular weight is 235 g/mol. The summed E-state index contributed by atoms with van der Waals surface area (Å²) in [6, 6.07) is 3.38. The predicted molar refractivity (Wildman–Crippen MR) is 70.5 cm³/mol. The molecule has 1 rings (SSSR count). The molecule has 0 aliphatic rings. The third-order valence-electron chi connectivity index (χ3n) is 2.88. The van der Waals surface area contributed by atoms with Crippen molar-refractivity contribution in [3.8, 4) is 11.5 Å². The summed E-state index contributed by atoms with van der Waals surface area (Å²) in [6.45, 7) is 12.6. The summed E-state index contributed by atoms with van der Waals surface area (Å²) in [6.07, 6.45) is 0. The van der Waals surface area contributed by atoms with Gasteiger partial charge in [0.2, 0.25) is 0 Å². The van der Waals surface area contributed by atoms with Crippen molar-refractivity contribution < 1.29 is 9.84 Å². The summed E-state index contributed by atoms with van der Waals surface area (Å²) in [5, 5.41) is 11.8. The molecule has 2 heteroatoms. The second-order valence-corrected chi connectivity index (χ2v) is 6.55. The minimum Gasteiger partial charge on any atom is -0.496 e. The van der Waals surface area contributed by atoms with E-state index < -0.39 is 0 Å². The standard InChI is InChI=1S/C15H23O2/c1-14(2,3)11-8-10(16)9-12(13(11)17-7)15(4,5)6/h8-9H,1-7H3. The van der Waals surface area contributed by atoms with Crippen LogP contribution in [-0.2, 0) is 15.9 Å². The summed E-state index contributed by atoms with van der Waals surface area (Å²) < 4.78 is 5.55. The number of methoxy groups -OCH3 is 1. The van der Waals surface area contributed by atoms with Crippen molar-refractivity contribution in [3.63, 3.8) is 0 Å². The highest BCUT2D eigenvalue weighted by molar-refractivity contribution is 5.52. The highest BCUT2D eigenvalue weighted by Crippen LogP contribution is 2.42. The molecule has 0 fully saturated rings. The van der Waals surface area contributed by atoms with E-state index >= 15 is 0 Å². The van der Waals surface area contributed by atoms with Gasteiger partial charge in [0.1, 0.15) is 5.75 Å². The maximum atomic E-state index is 11.8. The zero-order valence-electron chi connectivity index (χ0n) is 12.0. The maximum absolute atomic E-state index is 11.8. The molecule has 0 spiro atoms. The first-order valence-corrected chi connectivity index (χ1v) is 5.97. The Morgan fingerprint density at radius 1 is 0.882 bits per heavy atom. The van der Waals surface area contributed by atoms with E-state index in [0.29, 0.717) is 0 Å². The molecule has 0 heterocycles. The lowest BCUT2D eigenvalue weighted by molar-refractivity contribution is 0.343. The van der Waals surface area contributed by atoms with Gasteiger partial charge in [-0.2, -0.15) is 0 Å². The predicted octanol–water partition coefficient (Wildman–Crippen LogP) is 4.43. The number of ether oxygens (including phenoxy) is 1. The SMILES string of the molecule is COc1c(C(C)(C)C)cc([O])cc1C(C)(C)C. The van der Waals surface area contributed by atoms with E-state index in [0.717, 1.165) is 16.9 Å². The first kappa shape index (κ1) is 13.9. The lowest BCUT2D eigenvalue weighted by atomic mass is 9.79. The smallest absolute Gasteiger partial charge is 0.179 e. The molecule has 0 N–H and O–H groups in total. The molecule has 0 bridgehead atoms. The van der Waals surface area contributed by atoms with E-state index in [4.69, 9.17) is 4.74 Å². The first-order valence-electron chi connectivity index (χ1n) is 5.97. The van der Waals surface area contributed by atoms with Crippen LogP contribution in [0.4, 0.5) is 0 Å². The lowest BCUT2D eigenvalue weighted by Crippen LogP contribution is -2.18. The number of hydrogen-bond acceptors (Lipinski definition) is 1. The average Bonchev–Trinajstić information content (AvgIpc) is 2.13. The van der Waals surface area contributed by atoms with Crippen molar-refractivity contribution in [3.05, 3.63) is 23.3 Å². The van der Waals surface area contributed by atoms with Crippen LogP contribution in [0.3, 0.4) is 0 Å². The Balaban J connectivity index is 3.58. The van der Waals surface area contributed by atoms with E-state index in [1.165, 1.54) is 0 Å². The van der Waals surface area contributed by atoms with E-state index in [1.807, 2.05) is 0 Å². The fraction of sp³-hybridized carbons (Fsp3) is 0.600. The van der Waals surface area contributed by atoms with Gasteiger partial charge in [-0.25, -0.2) is 0 Å². The van der Waals surface area contributed by atoms with Gasteiger partial charge < -0.3 is 4.74 Å². The van der Waals surface area contributed by atoms with Crippen molar-refractivity contribution in [2.24, 2.45) is 0 Å². The molecule has 0 amide bonds. The molecule has 0 aliphatic heterocycles. The molecule has 0 aliphatic carbocycles. The van der Waals surface area contributed by atoms with Gasteiger partial charge in [-0.1, -0.05) is 41.5 Å². The van der Waals surface area contributed by atoms with Gasteiger partial charge in [0, 0.05) is 11.1 Å². The van der Waals surface area contributed by atoms with Gasteiger partial charge in [-0.3, -0.25) is 5.11 Å². The molecule has 0 aromatic heterocycles.